The van der Waals surface area contributed by atoms with Crippen LogP contribution in [0.15, 0.2) is 53.5 Å². The Morgan fingerprint density at radius 1 is 1.04 bits per heavy atom. The number of halogens is 1. The van der Waals surface area contributed by atoms with E-state index in [0.29, 0.717) is 12.5 Å². The average Bonchev–Trinajstić information content (AvgIpc) is 3.22. The molecule has 2 aromatic carbocycles. The van der Waals surface area contributed by atoms with Crippen molar-refractivity contribution >= 4 is 47.2 Å². The summed E-state index contributed by atoms with van der Waals surface area (Å²) in [4.78, 5) is 16.7. The minimum Gasteiger partial charge on any atom is -0.370 e. The van der Waals surface area contributed by atoms with Crippen molar-refractivity contribution in [1.29, 1.82) is 0 Å². The number of anilines is 2. The van der Waals surface area contributed by atoms with Crippen LogP contribution in [-0.2, 0) is 17.8 Å². The zero-order valence-electron chi connectivity index (χ0n) is 16.3. The molecule has 2 aromatic rings. The van der Waals surface area contributed by atoms with Crippen LogP contribution >= 0.6 is 24.0 Å². The Balaban J connectivity index is 0.00000280. The van der Waals surface area contributed by atoms with Crippen LogP contribution in [-0.4, -0.2) is 11.9 Å². The minimum absolute atomic E-state index is 0. The molecule has 1 aliphatic rings. The summed E-state index contributed by atoms with van der Waals surface area (Å²) in [7, 11) is 0. The van der Waals surface area contributed by atoms with E-state index in [1.165, 1.54) is 5.56 Å². The van der Waals surface area contributed by atoms with Gasteiger partial charge in [-0.2, -0.15) is 0 Å². The van der Waals surface area contributed by atoms with Gasteiger partial charge in [0.25, 0.3) is 0 Å². The zero-order chi connectivity index (χ0) is 19.1. The van der Waals surface area contributed by atoms with Crippen LogP contribution in [0.3, 0.4) is 0 Å². The molecular weight excluding hydrogens is 463 g/mol. The number of nitrogens with two attached hydrogens (primary N) is 1. The van der Waals surface area contributed by atoms with Crippen LogP contribution in [0.4, 0.5) is 11.4 Å². The molecule has 0 unspecified atom stereocenters. The minimum atomic E-state index is 0. The van der Waals surface area contributed by atoms with Gasteiger partial charge < -0.3 is 16.4 Å². The molecule has 1 aliphatic carbocycles. The van der Waals surface area contributed by atoms with Gasteiger partial charge in [-0.15, -0.1) is 24.0 Å². The molecule has 0 aliphatic heterocycles. The molecule has 150 valence electrons. The number of carbonyl (C=O) groups excluding carboxylic acids is 1. The molecule has 28 heavy (non-hydrogen) atoms. The van der Waals surface area contributed by atoms with Crippen molar-refractivity contribution in [2.24, 2.45) is 16.6 Å². The van der Waals surface area contributed by atoms with Gasteiger partial charge in [0, 0.05) is 17.3 Å². The Morgan fingerprint density at radius 2 is 1.64 bits per heavy atom. The summed E-state index contributed by atoms with van der Waals surface area (Å²) in [6.07, 6.45) is 5.28. The summed E-state index contributed by atoms with van der Waals surface area (Å²) < 4.78 is 0. The van der Waals surface area contributed by atoms with Gasteiger partial charge in [-0.3, -0.25) is 4.79 Å². The van der Waals surface area contributed by atoms with Crippen molar-refractivity contribution in [3.8, 4) is 0 Å². The van der Waals surface area contributed by atoms with Crippen LogP contribution in [0, 0.1) is 5.92 Å². The van der Waals surface area contributed by atoms with E-state index in [4.69, 9.17) is 5.73 Å². The number of carbonyl (C=O) groups is 1. The molecular formula is C22H29IN4O. The lowest BCUT2D eigenvalue weighted by atomic mass is 10.1. The van der Waals surface area contributed by atoms with Crippen LogP contribution in [0.25, 0.3) is 0 Å². The largest absolute Gasteiger partial charge is 0.370 e. The normalized spacial score (nSPS) is 14.4. The molecule has 1 saturated carbocycles. The summed E-state index contributed by atoms with van der Waals surface area (Å²) in [6.45, 7) is 2.58. The summed E-state index contributed by atoms with van der Waals surface area (Å²) in [5, 5.41) is 6.16. The number of rotatable bonds is 6. The van der Waals surface area contributed by atoms with Crippen LogP contribution in [0.1, 0.15) is 43.7 Å². The van der Waals surface area contributed by atoms with Gasteiger partial charge in [0.1, 0.15) is 0 Å². The summed E-state index contributed by atoms with van der Waals surface area (Å²) in [5.74, 6) is 0.666. The quantitative estimate of drug-likeness (QED) is 0.304. The Kier molecular flexibility index (Phi) is 8.76. The lowest BCUT2D eigenvalue weighted by molar-refractivity contribution is -0.119. The van der Waals surface area contributed by atoms with E-state index in [9.17, 15) is 4.79 Å². The second-order valence-corrected chi connectivity index (χ2v) is 7.05. The SMILES string of the molecule is CCc1cccc(NC(N)=NCc2cccc(NC(=O)C3CCCC3)c2)c1.I. The standard InChI is InChI=1S/C22H28N4O.HI/c1-2-16-7-5-12-20(13-16)26-22(23)24-15-17-8-6-11-19(14-17)25-21(27)18-9-3-4-10-18;/h5-8,11-14,18H,2-4,9-10,15H2,1H3,(H,25,27)(H3,23,24,26);1H. The van der Waals surface area contributed by atoms with E-state index < -0.39 is 0 Å². The van der Waals surface area contributed by atoms with Gasteiger partial charge in [0.05, 0.1) is 6.54 Å². The number of hydrogen-bond acceptors (Lipinski definition) is 2. The van der Waals surface area contributed by atoms with E-state index in [2.05, 4.69) is 34.7 Å². The van der Waals surface area contributed by atoms with Crippen LogP contribution < -0.4 is 16.4 Å². The summed E-state index contributed by atoms with van der Waals surface area (Å²) in [5.41, 5.74) is 10.0. The molecule has 0 aromatic heterocycles. The lowest BCUT2D eigenvalue weighted by Gasteiger charge is -2.11. The highest BCUT2D eigenvalue weighted by atomic mass is 127. The van der Waals surface area contributed by atoms with Gasteiger partial charge in [-0.25, -0.2) is 4.99 Å². The summed E-state index contributed by atoms with van der Waals surface area (Å²) >= 11 is 0. The fourth-order valence-electron chi connectivity index (χ4n) is 3.41. The number of aliphatic imine (C=N–C) groups is 1. The molecule has 1 amide bonds. The molecule has 0 heterocycles. The molecule has 1 fully saturated rings. The number of hydrogen-bond donors (Lipinski definition) is 3. The average molecular weight is 492 g/mol. The first-order valence-electron chi connectivity index (χ1n) is 9.69. The van der Waals surface area contributed by atoms with E-state index in [1.54, 1.807) is 0 Å². The summed E-state index contributed by atoms with van der Waals surface area (Å²) in [6, 6.07) is 15.9. The van der Waals surface area contributed by atoms with Gasteiger partial charge >= 0.3 is 0 Å². The number of amides is 1. The van der Waals surface area contributed by atoms with E-state index >= 15 is 0 Å². The van der Waals surface area contributed by atoms with E-state index in [-0.39, 0.29) is 35.8 Å². The highest BCUT2D eigenvalue weighted by Gasteiger charge is 2.22. The predicted molar refractivity (Wildman–Crippen MR) is 127 cm³/mol. The number of aryl methyl sites for hydroxylation is 1. The maximum Gasteiger partial charge on any atom is 0.227 e. The molecule has 6 heteroatoms. The maximum absolute atomic E-state index is 12.3. The van der Waals surface area contributed by atoms with Crippen molar-refractivity contribution in [1.82, 2.24) is 0 Å². The van der Waals surface area contributed by atoms with Crippen molar-refractivity contribution in [3.63, 3.8) is 0 Å². The van der Waals surface area contributed by atoms with Gasteiger partial charge in [-0.05, 0) is 54.7 Å². The first kappa shape index (κ1) is 22.2. The molecule has 4 N–H and O–H groups in total. The number of nitrogens with zero attached hydrogens (tertiary/aromatic N) is 1. The van der Waals surface area contributed by atoms with Crippen molar-refractivity contribution < 1.29 is 4.79 Å². The third-order valence-electron chi connectivity index (χ3n) is 4.96. The Bertz CT molecular complexity index is 816. The van der Waals surface area contributed by atoms with Gasteiger partial charge in [0.2, 0.25) is 5.91 Å². The molecule has 0 saturated heterocycles. The maximum atomic E-state index is 12.3. The third kappa shape index (κ3) is 6.51. The molecule has 0 radical (unpaired) electrons. The molecule has 0 atom stereocenters. The van der Waals surface area contributed by atoms with Gasteiger partial charge in [-0.1, -0.05) is 44.0 Å². The first-order chi connectivity index (χ1) is 13.1. The molecule has 5 nitrogen and oxygen atoms in total. The molecule has 0 spiro atoms. The van der Waals surface area contributed by atoms with Crippen LogP contribution in [0.2, 0.25) is 0 Å². The van der Waals surface area contributed by atoms with E-state index in [1.807, 2.05) is 36.4 Å². The zero-order valence-corrected chi connectivity index (χ0v) is 18.6. The highest BCUT2D eigenvalue weighted by molar-refractivity contribution is 14.0. The lowest BCUT2D eigenvalue weighted by Crippen LogP contribution is -2.22. The Hall–Kier alpha value is -2.09. The van der Waals surface area contributed by atoms with Crippen molar-refractivity contribution in [2.45, 2.75) is 45.6 Å². The monoisotopic (exact) mass is 492 g/mol. The second-order valence-electron chi connectivity index (χ2n) is 7.05. The first-order valence-corrected chi connectivity index (χ1v) is 9.69. The highest BCUT2D eigenvalue weighted by Crippen LogP contribution is 2.26. The fourth-order valence-corrected chi connectivity index (χ4v) is 3.41. The van der Waals surface area contributed by atoms with Crippen LogP contribution in [0.5, 0.6) is 0 Å². The number of nitrogens with one attached hydrogen (secondary N) is 2. The van der Waals surface area contributed by atoms with Gasteiger partial charge in [0.15, 0.2) is 5.96 Å². The van der Waals surface area contributed by atoms with E-state index in [0.717, 1.165) is 49.0 Å². The smallest absolute Gasteiger partial charge is 0.227 e. The predicted octanol–water partition coefficient (Wildman–Crippen LogP) is 4.92. The topological polar surface area (TPSA) is 79.5 Å². The third-order valence-corrected chi connectivity index (χ3v) is 4.96. The van der Waals surface area contributed by atoms with Crippen molar-refractivity contribution in [3.05, 3.63) is 59.7 Å². The number of benzene rings is 2. The fraction of sp³-hybridized carbons (Fsp3) is 0.364. The molecule has 3 rings (SSSR count). The molecule has 0 bridgehead atoms. The Labute approximate surface area is 184 Å². The number of guanidine groups is 1. The van der Waals surface area contributed by atoms with Crippen molar-refractivity contribution in [2.75, 3.05) is 10.6 Å². The second kappa shape index (κ2) is 11.0. The Morgan fingerprint density at radius 3 is 2.32 bits per heavy atom.